The van der Waals surface area contributed by atoms with Crippen LogP contribution in [-0.4, -0.2) is 154 Å². The molecule has 4 heterocycles. The van der Waals surface area contributed by atoms with Crippen molar-refractivity contribution in [2.24, 2.45) is 10.8 Å². The third-order valence-corrected chi connectivity index (χ3v) is 9.95. The van der Waals surface area contributed by atoms with Gasteiger partial charge in [-0.3, -0.25) is 33.8 Å². The summed E-state index contributed by atoms with van der Waals surface area (Å²) in [5, 5.41) is 6.73. The fourth-order valence-corrected chi connectivity index (χ4v) is 7.22. The van der Waals surface area contributed by atoms with Gasteiger partial charge in [0.05, 0.1) is 37.1 Å². The van der Waals surface area contributed by atoms with Crippen molar-refractivity contribution in [2.45, 2.75) is 51.6 Å². The fourth-order valence-electron chi connectivity index (χ4n) is 7.22. The van der Waals surface area contributed by atoms with Gasteiger partial charge in [-0.2, -0.15) is 0 Å². The van der Waals surface area contributed by atoms with E-state index >= 15 is 0 Å². The van der Waals surface area contributed by atoms with Crippen LogP contribution in [0.15, 0.2) is 0 Å². The Hall–Kier alpha value is -2.61. The van der Waals surface area contributed by atoms with E-state index in [2.05, 4.69) is 20.4 Å². The first-order chi connectivity index (χ1) is 20.1. The maximum atomic E-state index is 14.3. The highest BCUT2D eigenvalue weighted by molar-refractivity contribution is 5.90. The molecule has 0 aromatic rings. The number of hydrogen-bond acceptors (Lipinski definition) is 11. The first-order valence-corrected chi connectivity index (χ1v) is 15.2. The quantitative estimate of drug-likeness (QED) is 0.325. The van der Waals surface area contributed by atoms with E-state index in [-0.39, 0.29) is 29.5 Å². The number of nitrogens with zero attached hydrogens (tertiary/aromatic N) is 4. The first-order valence-electron chi connectivity index (χ1n) is 15.2. The van der Waals surface area contributed by atoms with E-state index in [0.29, 0.717) is 104 Å². The molecule has 4 fully saturated rings. The Balaban J connectivity index is 1.52. The van der Waals surface area contributed by atoms with Gasteiger partial charge in [0.15, 0.2) is 5.78 Å². The second-order valence-corrected chi connectivity index (χ2v) is 12.3. The molecule has 2 atom stereocenters. The average Bonchev–Trinajstić information content (AvgIpc) is 3.00. The third kappa shape index (κ3) is 6.79. The number of nitrogens with one attached hydrogen (secondary N) is 2. The molecule has 0 aliphatic carbocycles. The van der Waals surface area contributed by atoms with Gasteiger partial charge >= 0.3 is 11.9 Å². The summed E-state index contributed by atoms with van der Waals surface area (Å²) in [6.07, 6.45) is 1.94. The lowest BCUT2D eigenvalue weighted by atomic mass is 9.76. The number of hydrogen-bond donors (Lipinski definition) is 2. The lowest BCUT2D eigenvalue weighted by Gasteiger charge is -2.48. The topological polar surface area (TPSA) is 141 Å². The minimum atomic E-state index is -0.791. The number of piperazine rings is 2. The number of amides is 2. The summed E-state index contributed by atoms with van der Waals surface area (Å²) >= 11 is 0. The van der Waals surface area contributed by atoms with E-state index in [0.717, 1.165) is 0 Å². The van der Waals surface area contributed by atoms with Crippen molar-refractivity contribution >= 4 is 29.5 Å². The molecule has 2 amide bonds. The zero-order chi connectivity index (χ0) is 30.5. The lowest BCUT2D eigenvalue weighted by Crippen LogP contribution is -2.66. The number of carbonyl (C=O) groups excluding carboxylic acids is 5. The van der Waals surface area contributed by atoms with Crippen molar-refractivity contribution in [2.75, 3.05) is 92.8 Å². The van der Waals surface area contributed by atoms with Gasteiger partial charge in [-0.15, -0.1) is 0 Å². The van der Waals surface area contributed by atoms with Crippen LogP contribution < -0.4 is 10.6 Å². The summed E-state index contributed by atoms with van der Waals surface area (Å²) in [7, 11) is 2.79. The predicted molar refractivity (Wildman–Crippen MR) is 153 cm³/mol. The number of piperidine rings is 2. The maximum Gasteiger partial charge on any atom is 0.313 e. The number of Topliss-reactive ketones (excluding diaryl/α,β-unsaturated/α-hetero) is 1. The molecule has 2 unspecified atom stereocenters. The van der Waals surface area contributed by atoms with Crippen molar-refractivity contribution in [1.29, 1.82) is 0 Å². The zero-order valence-electron chi connectivity index (χ0n) is 25.6. The van der Waals surface area contributed by atoms with E-state index in [9.17, 15) is 24.0 Å². The molecule has 0 aromatic carbocycles. The van der Waals surface area contributed by atoms with Crippen LogP contribution in [0.1, 0.15) is 39.5 Å². The molecular formula is C29H48N6O7. The lowest BCUT2D eigenvalue weighted by molar-refractivity contribution is -0.161. The van der Waals surface area contributed by atoms with Gasteiger partial charge in [0.1, 0.15) is 0 Å². The van der Waals surface area contributed by atoms with Crippen LogP contribution in [0, 0.1) is 10.8 Å². The summed E-state index contributed by atoms with van der Waals surface area (Å²) in [6, 6.07) is -0.903. The molecule has 42 heavy (non-hydrogen) atoms. The van der Waals surface area contributed by atoms with Crippen molar-refractivity contribution < 1.29 is 33.4 Å². The van der Waals surface area contributed by atoms with Crippen LogP contribution in [0.25, 0.3) is 0 Å². The summed E-state index contributed by atoms with van der Waals surface area (Å²) in [6.45, 7) is 9.32. The first kappa shape index (κ1) is 32.3. The normalized spacial score (nSPS) is 26.8. The molecule has 0 saturated carbocycles. The van der Waals surface area contributed by atoms with E-state index in [1.54, 1.807) is 9.80 Å². The Morgan fingerprint density at radius 2 is 1.00 bits per heavy atom. The van der Waals surface area contributed by atoms with Crippen molar-refractivity contribution in [3.8, 4) is 0 Å². The molecule has 236 valence electrons. The number of carbonyl (C=O) groups is 5. The van der Waals surface area contributed by atoms with Gasteiger partial charge in [0, 0.05) is 92.4 Å². The number of methoxy groups -OCH3 is 2. The second-order valence-electron chi connectivity index (χ2n) is 12.3. The molecule has 0 bridgehead atoms. The molecule has 0 radical (unpaired) electrons. The van der Waals surface area contributed by atoms with Crippen LogP contribution in [0.5, 0.6) is 0 Å². The zero-order valence-corrected chi connectivity index (χ0v) is 25.6. The Bertz CT molecular complexity index is 944. The highest BCUT2D eigenvalue weighted by atomic mass is 16.5. The molecule has 4 aliphatic heterocycles. The molecule has 2 N–H and O–H groups in total. The Labute approximate surface area is 248 Å². The predicted octanol–water partition coefficient (Wildman–Crippen LogP) is -1.29. The number of likely N-dealkylation sites (tertiary alicyclic amines) is 2. The molecule has 4 saturated heterocycles. The molecule has 4 aliphatic rings. The van der Waals surface area contributed by atoms with E-state index in [1.807, 2.05) is 0 Å². The maximum absolute atomic E-state index is 14.3. The number of ketones is 1. The van der Waals surface area contributed by atoms with Crippen LogP contribution in [0.4, 0.5) is 0 Å². The van der Waals surface area contributed by atoms with Gasteiger partial charge in [-0.25, -0.2) is 0 Å². The Kier molecular flexibility index (Phi) is 10.6. The minimum Gasteiger partial charge on any atom is -0.469 e. The van der Waals surface area contributed by atoms with Crippen molar-refractivity contribution in [3.05, 3.63) is 0 Å². The van der Waals surface area contributed by atoms with Gasteiger partial charge in [0.2, 0.25) is 11.8 Å². The number of ether oxygens (including phenoxy) is 2. The SMILES string of the molecule is COC(=O)C1(CN2CCNCC2C(=O)C2CNCCN2CC2(C(=O)OC)CCN(C(C)=O)CC2)CCN(C(C)=O)CC1. The van der Waals surface area contributed by atoms with Crippen LogP contribution in [-0.2, 0) is 33.4 Å². The summed E-state index contributed by atoms with van der Waals surface area (Å²) in [4.78, 5) is 72.3. The van der Waals surface area contributed by atoms with E-state index < -0.39 is 22.9 Å². The third-order valence-electron chi connectivity index (χ3n) is 9.95. The van der Waals surface area contributed by atoms with E-state index in [1.165, 1.54) is 28.1 Å². The molecule has 13 nitrogen and oxygen atoms in total. The van der Waals surface area contributed by atoms with Gasteiger partial charge in [-0.05, 0) is 25.7 Å². The minimum absolute atomic E-state index is 0.00900. The largest absolute Gasteiger partial charge is 0.469 e. The Morgan fingerprint density at radius 1 is 0.643 bits per heavy atom. The highest BCUT2D eigenvalue weighted by Gasteiger charge is 2.49. The molecule has 0 spiro atoms. The van der Waals surface area contributed by atoms with Crippen molar-refractivity contribution in [3.63, 3.8) is 0 Å². The standard InChI is InChI=1S/C29H48N6O7/c1-21(36)32-11-5-28(6-12-32,26(39)41-3)19-34-15-9-30-17-23(34)25(38)24-18-31-10-16-35(24)20-29(27(40)42-4)7-13-33(14-8-29)22(2)37/h23-24,30-31H,5-20H2,1-4H3. The van der Waals surface area contributed by atoms with Crippen molar-refractivity contribution in [1.82, 2.24) is 30.2 Å². The smallest absolute Gasteiger partial charge is 0.313 e. The average molecular weight is 593 g/mol. The van der Waals surface area contributed by atoms with Gasteiger partial charge in [-0.1, -0.05) is 0 Å². The number of esters is 2. The van der Waals surface area contributed by atoms with Crippen LogP contribution >= 0.6 is 0 Å². The molecular weight excluding hydrogens is 544 g/mol. The Morgan fingerprint density at radius 3 is 1.31 bits per heavy atom. The second kappa shape index (κ2) is 13.8. The monoisotopic (exact) mass is 592 g/mol. The summed E-state index contributed by atoms with van der Waals surface area (Å²) in [5.41, 5.74) is -1.58. The fraction of sp³-hybridized carbons (Fsp3) is 0.828. The van der Waals surface area contributed by atoms with Crippen LogP contribution in [0.2, 0.25) is 0 Å². The molecule has 13 heteroatoms. The molecule has 0 aromatic heterocycles. The summed E-state index contributed by atoms with van der Waals surface area (Å²) < 4.78 is 10.5. The number of rotatable bonds is 8. The molecule has 4 rings (SSSR count). The van der Waals surface area contributed by atoms with Gasteiger partial charge < -0.3 is 29.9 Å². The van der Waals surface area contributed by atoms with Gasteiger partial charge in [0.25, 0.3) is 0 Å². The van der Waals surface area contributed by atoms with Crippen LogP contribution in [0.3, 0.4) is 0 Å². The summed E-state index contributed by atoms with van der Waals surface area (Å²) in [5.74, 6) is -0.561. The van der Waals surface area contributed by atoms with E-state index in [4.69, 9.17) is 9.47 Å². The highest BCUT2D eigenvalue weighted by Crippen LogP contribution is 2.37.